The first-order chi connectivity index (χ1) is 51.9. The Morgan fingerprint density at radius 3 is 1.74 bits per heavy atom. The Hall–Kier alpha value is -10.1. The maximum absolute atomic E-state index is 10.7. The van der Waals surface area contributed by atoms with Crippen LogP contribution < -0.4 is 30.1 Å². The summed E-state index contributed by atoms with van der Waals surface area (Å²) in [5.74, 6) is 1.39. The second-order valence-electron chi connectivity index (χ2n) is 22.8. The molecule has 0 unspecified atom stereocenters. The number of para-hydroxylation sites is 2. The lowest BCUT2D eigenvalue weighted by Gasteiger charge is -2.34. The first-order valence-electron chi connectivity index (χ1n) is 39.8. The lowest BCUT2D eigenvalue weighted by Crippen LogP contribution is -2.74. The number of rotatable bonds is 12. The molecule has 86 heavy (non-hydrogen) atoms. The highest BCUT2D eigenvalue weighted by atomic mass is 28.3. The quantitative estimate of drug-likeness (QED) is 0.0529. The number of fused-ring (bicyclic) bond motifs is 4. The average Bonchev–Trinajstić information content (AvgIpc) is 0.894. The van der Waals surface area contributed by atoms with Crippen molar-refractivity contribution in [2.75, 3.05) is 0 Å². The van der Waals surface area contributed by atoms with Gasteiger partial charge in [0.25, 0.3) is 6.33 Å². The summed E-state index contributed by atoms with van der Waals surface area (Å²) < 4.78 is 238. The monoisotopic (exact) mass is 1150 g/mol. The molecule has 14 rings (SSSR count). The van der Waals surface area contributed by atoms with Crippen molar-refractivity contribution in [3.63, 3.8) is 0 Å². The van der Waals surface area contributed by atoms with Crippen molar-refractivity contribution in [1.82, 2.24) is 14.1 Å². The van der Waals surface area contributed by atoms with Gasteiger partial charge in [-0.15, -0.1) is 0 Å². The van der Waals surface area contributed by atoms with Gasteiger partial charge in [-0.3, -0.25) is 13.7 Å². The van der Waals surface area contributed by atoms with E-state index in [2.05, 4.69) is 37.7 Å². The number of hydrogen-bond acceptors (Lipinski definition) is 2. The molecule has 0 radical (unpaired) electrons. The number of aromatic nitrogens is 4. The summed E-state index contributed by atoms with van der Waals surface area (Å²) in [5.41, 5.74) is 4.46. The van der Waals surface area contributed by atoms with Crippen LogP contribution in [0.4, 0.5) is 0 Å². The Balaban J connectivity index is 1.10. The number of nitrogens with zero attached hydrogens (tertiary/aromatic N) is 4. The second kappa shape index (κ2) is 21.8. The molecule has 5 nitrogen and oxygen atoms in total. The minimum Gasteiger partial charge on any atom is -0.458 e. The smallest absolute Gasteiger partial charge is 0.269 e. The van der Waals surface area contributed by atoms with Crippen LogP contribution in [-0.2, 0) is 10.8 Å². The molecule has 0 saturated carbocycles. The summed E-state index contributed by atoms with van der Waals surface area (Å²) in [4.78, 5) is 4.86. The minimum absolute atomic E-state index is 0.135. The number of hydrogen-bond donors (Lipinski definition) is 0. The minimum atomic E-state index is -6.27. The molecule has 0 bridgehead atoms. The highest BCUT2D eigenvalue weighted by Crippen LogP contribution is 2.39. The van der Waals surface area contributed by atoms with E-state index >= 15 is 0 Å². The van der Waals surface area contributed by atoms with Crippen LogP contribution in [0.1, 0.15) is 85.6 Å². The molecule has 6 heteroatoms. The Kier molecular flexibility index (Phi) is 8.46. The number of imidazole rings is 1. The molecular formula is C80H66N4OSi. The van der Waals surface area contributed by atoms with E-state index < -0.39 is 185 Å². The van der Waals surface area contributed by atoms with E-state index in [9.17, 15) is 16.4 Å². The van der Waals surface area contributed by atoms with Crippen LogP contribution in [0, 0.1) is 6.33 Å². The Labute approximate surface area is 539 Å². The summed E-state index contributed by atoms with van der Waals surface area (Å²) >= 11 is 0. The van der Waals surface area contributed by atoms with E-state index in [0.29, 0.717) is 34.1 Å². The predicted molar refractivity (Wildman–Crippen MR) is 360 cm³/mol. The van der Waals surface area contributed by atoms with Gasteiger partial charge in [-0.1, -0.05) is 265 Å². The molecule has 0 atom stereocenters. The number of benzene rings is 11. The molecule has 14 aromatic rings. The fourth-order valence-corrected chi connectivity index (χ4v) is 14.8. The molecule has 0 aliphatic carbocycles. The molecule has 0 aliphatic heterocycles. The zero-order valence-corrected chi connectivity index (χ0v) is 48.6. The van der Waals surface area contributed by atoms with Gasteiger partial charge in [-0.2, -0.15) is 0 Å². The molecule has 3 aromatic heterocycles. The SMILES string of the molecule is [2H]c1c([2H])c([2H])c(-c2cccc(-c3cccc(C(C)(C)C)c3)c2-[n+]2[c-]n(-c3cccc(Oc4ccc5c6ccccc6n(-c6cc(C(C)(C)C)ccn6)c5c4)c3)c3cc(-c4c([2H])c([2H])c([2H])c([Si](c5c([2H])c([2H])c([2H])c([2H])c5[2H])(c5c([2H])c([2H])c([2H])c([2H])c5[2H])c5c([2H])c([2H])c([2H])c([2H])c5[2H])c4[2H])ccc32)c([2H])c1[2H]. The van der Waals surface area contributed by atoms with Crippen molar-refractivity contribution >= 4 is 61.7 Å². The van der Waals surface area contributed by atoms with Crippen LogP contribution in [0.2, 0.25) is 0 Å². The maximum atomic E-state index is 10.7. The van der Waals surface area contributed by atoms with Crippen molar-refractivity contribution < 1.29 is 42.2 Å². The molecule has 11 aromatic carbocycles. The topological polar surface area (TPSA) is 35.9 Å². The maximum Gasteiger partial charge on any atom is 0.269 e. The van der Waals surface area contributed by atoms with E-state index in [4.69, 9.17) is 26.2 Å². The van der Waals surface area contributed by atoms with Crippen molar-refractivity contribution in [2.45, 2.75) is 52.4 Å². The highest BCUT2D eigenvalue weighted by molar-refractivity contribution is 7.19. The Morgan fingerprint density at radius 1 is 0.453 bits per heavy atom. The Morgan fingerprint density at radius 2 is 1.05 bits per heavy atom. The molecule has 0 spiro atoms. The van der Waals surface area contributed by atoms with Crippen LogP contribution in [0.5, 0.6) is 11.5 Å². The lowest BCUT2D eigenvalue weighted by atomic mass is 9.85. The van der Waals surface area contributed by atoms with Crippen molar-refractivity contribution in [3.8, 4) is 62.1 Å². The van der Waals surface area contributed by atoms with Crippen LogP contribution >= 0.6 is 0 Å². The van der Waals surface area contributed by atoms with E-state index in [1.165, 1.54) is 12.1 Å². The van der Waals surface area contributed by atoms with Gasteiger partial charge >= 0.3 is 0 Å². The van der Waals surface area contributed by atoms with Gasteiger partial charge in [0.1, 0.15) is 17.3 Å². The third kappa shape index (κ3) is 9.72. The van der Waals surface area contributed by atoms with Crippen molar-refractivity contribution in [3.05, 3.63) is 308 Å². The summed E-state index contributed by atoms with van der Waals surface area (Å²) in [5, 5.41) is -2.06. The first kappa shape index (κ1) is 33.4. The standard InChI is InChI=1S/C80H66N4OSi/c1-79(2,3)60-29-21-28-59(49-60)70-41-24-40-69(56-25-11-7-12-26-56)78(70)83-55-82(62-30-23-31-63(53-62)85-64-44-45-72-71-39-19-20-42-73(71)84(75(72)54-64)77-52-61(47-48-81-77)80(4,5)6)76-51-58(43-46-74(76)83)57-27-22-38-68(50-57)86(65-32-13-8-14-33-65,66-34-15-9-16-35-66)67-36-17-10-18-37-67/h7-54H,1-6H3/i7D,8D,9D,10D,11D,12D,13D,14D,15D,16D,17D,18D,22D,25D,26D,27D,32D,33D,34D,35D,36D,37D,38D,50D. The highest BCUT2D eigenvalue weighted by Gasteiger charge is 2.41. The van der Waals surface area contributed by atoms with Gasteiger partial charge in [0.15, 0.2) is 8.07 Å². The zero-order valence-electron chi connectivity index (χ0n) is 71.6. The Bertz CT molecular complexity index is 6030. The van der Waals surface area contributed by atoms with Crippen LogP contribution in [0.15, 0.2) is 291 Å². The van der Waals surface area contributed by atoms with Crippen LogP contribution in [0.3, 0.4) is 0 Å². The van der Waals surface area contributed by atoms with E-state index in [1.807, 2.05) is 99.6 Å². The number of pyridine rings is 1. The summed E-state index contributed by atoms with van der Waals surface area (Å²) in [6.07, 6.45) is 5.32. The molecule has 0 fully saturated rings. The summed E-state index contributed by atoms with van der Waals surface area (Å²) in [6.45, 7) is 12.5. The van der Waals surface area contributed by atoms with Crippen LogP contribution in [0.25, 0.3) is 83.4 Å². The van der Waals surface area contributed by atoms with Gasteiger partial charge in [-0.25, -0.2) is 4.98 Å². The molecule has 3 heterocycles. The molecule has 0 saturated heterocycles. The predicted octanol–water partition coefficient (Wildman–Crippen LogP) is 17.0. The normalized spacial score (nSPS) is 16.0. The van der Waals surface area contributed by atoms with E-state index in [-0.39, 0.29) is 38.8 Å². The van der Waals surface area contributed by atoms with Gasteiger partial charge in [-0.05, 0) is 131 Å². The van der Waals surface area contributed by atoms with Gasteiger partial charge < -0.3 is 4.74 Å². The van der Waals surface area contributed by atoms with Crippen LogP contribution in [-0.4, -0.2) is 22.2 Å². The lowest BCUT2D eigenvalue weighted by molar-refractivity contribution is -0.571. The summed E-state index contributed by atoms with van der Waals surface area (Å²) in [7, 11) is -6.27. The van der Waals surface area contributed by atoms with Crippen molar-refractivity contribution in [2.24, 2.45) is 0 Å². The third-order valence-electron chi connectivity index (χ3n) is 15.4. The fourth-order valence-electron chi connectivity index (χ4n) is 11.2. The van der Waals surface area contributed by atoms with E-state index in [1.54, 1.807) is 57.8 Å². The number of ether oxygens (including phenoxy) is 1. The first-order valence-corrected chi connectivity index (χ1v) is 29.8. The second-order valence-corrected chi connectivity index (χ2v) is 26.3. The third-order valence-corrected chi connectivity index (χ3v) is 19.4. The van der Waals surface area contributed by atoms with Gasteiger partial charge in [0.05, 0.1) is 66.3 Å². The van der Waals surface area contributed by atoms with Crippen molar-refractivity contribution in [1.29, 1.82) is 0 Å². The molecule has 416 valence electrons. The fraction of sp³-hybridized carbons (Fsp3) is 0.100. The van der Waals surface area contributed by atoms with E-state index in [0.717, 1.165) is 32.9 Å². The van der Waals surface area contributed by atoms with Gasteiger partial charge in [0, 0.05) is 23.0 Å². The van der Waals surface area contributed by atoms with Gasteiger partial charge in [0.2, 0.25) is 0 Å². The summed E-state index contributed by atoms with van der Waals surface area (Å²) in [6, 6.07) is 18.4. The largest absolute Gasteiger partial charge is 0.458 e. The molecular weight excluding hydrogens is 1060 g/mol. The molecule has 0 N–H and O–H groups in total. The zero-order chi connectivity index (χ0) is 79.5. The molecule has 0 amide bonds. The molecule has 0 aliphatic rings. The average molecular weight is 1150 g/mol.